The number of hydrogen-bond acceptors (Lipinski definition) is 2. The van der Waals surface area contributed by atoms with Crippen LogP contribution in [0.4, 0.5) is 0 Å². The molecule has 2 rings (SSSR count). The Morgan fingerprint density at radius 1 is 1.00 bits per heavy atom. The minimum absolute atomic E-state index is 0.0543. The summed E-state index contributed by atoms with van der Waals surface area (Å²) in [6, 6.07) is 14.7. The van der Waals surface area contributed by atoms with Crippen LogP contribution in [-0.4, -0.2) is 13.2 Å². The first kappa shape index (κ1) is 15.7. The molecule has 2 aromatic carbocycles. The van der Waals surface area contributed by atoms with Gasteiger partial charge in [0.15, 0.2) is 0 Å². The number of hydrogen-bond donors (Lipinski definition) is 1. The molecule has 0 heterocycles. The second-order valence-electron chi connectivity index (χ2n) is 5.73. The fraction of sp³-hybridized carbons (Fsp3) is 0.368. The van der Waals surface area contributed by atoms with Crippen LogP contribution in [0.2, 0.25) is 0 Å². The van der Waals surface area contributed by atoms with Crippen molar-refractivity contribution < 1.29 is 4.74 Å². The molecule has 0 aliphatic heterocycles. The Morgan fingerprint density at radius 2 is 1.62 bits per heavy atom. The van der Waals surface area contributed by atoms with Crippen LogP contribution in [0.1, 0.15) is 33.9 Å². The minimum Gasteiger partial charge on any atom is -0.379 e. The van der Waals surface area contributed by atoms with Gasteiger partial charge in [0.1, 0.15) is 0 Å². The van der Waals surface area contributed by atoms with Gasteiger partial charge < -0.3 is 10.5 Å². The average molecular weight is 283 g/mol. The van der Waals surface area contributed by atoms with E-state index in [1.54, 1.807) is 0 Å². The number of ether oxygens (including phenoxy) is 1. The molecule has 2 aromatic rings. The van der Waals surface area contributed by atoms with E-state index < -0.39 is 0 Å². The first-order valence-corrected chi connectivity index (χ1v) is 7.53. The van der Waals surface area contributed by atoms with Crippen LogP contribution < -0.4 is 5.73 Å². The van der Waals surface area contributed by atoms with Crippen molar-refractivity contribution in [3.05, 3.63) is 70.3 Å². The largest absolute Gasteiger partial charge is 0.379 e. The molecule has 21 heavy (non-hydrogen) atoms. The Morgan fingerprint density at radius 3 is 2.24 bits per heavy atom. The van der Waals surface area contributed by atoms with Gasteiger partial charge in [-0.05, 0) is 49.4 Å². The Labute approximate surface area is 127 Å². The highest BCUT2D eigenvalue weighted by Gasteiger charge is 2.12. The molecule has 0 fully saturated rings. The molecule has 0 saturated heterocycles. The van der Waals surface area contributed by atoms with Gasteiger partial charge in [0.25, 0.3) is 0 Å². The van der Waals surface area contributed by atoms with Crippen molar-refractivity contribution in [1.82, 2.24) is 0 Å². The Hall–Kier alpha value is -1.64. The summed E-state index contributed by atoms with van der Waals surface area (Å²) in [5, 5.41) is 0. The molecular weight excluding hydrogens is 258 g/mol. The first-order chi connectivity index (χ1) is 10.1. The third kappa shape index (κ3) is 4.42. The lowest BCUT2D eigenvalue weighted by molar-refractivity contribution is 0.123. The van der Waals surface area contributed by atoms with Gasteiger partial charge in [-0.2, -0.15) is 0 Å². The van der Waals surface area contributed by atoms with Crippen LogP contribution >= 0.6 is 0 Å². The molecule has 2 N–H and O–H groups in total. The molecule has 0 aliphatic rings. The fourth-order valence-electron chi connectivity index (χ4n) is 2.90. The molecule has 0 bridgehead atoms. The molecule has 0 aromatic heterocycles. The molecular formula is C19H25NO. The lowest BCUT2D eigenvalue weighted by Gasteiger charge is -2.18. The summed E-state index contributed by atoms with van der Waals surface area (Å²) in [6.45, 7) is 7.64. The van der Waals surface area contributed by atoms with E-state index in [0.29, 0.717) is 13.2 Å². The molecule has 0 saturated carbocycles. The van der Waals surface area contributed by atoms with Crippen molar-refractivity contribution in [2.45, 2.75) is 33.2 Å². The van der Waals surface area contributed by atoms with E-state index in [9.17, 15) is 0 Å². The van der Waals surface area contributed by atoms with Gasteiger partial charge in [-0.15, -0.1) is 0 Å². The van der Waals surface area contributed by atoms with E-state index in [4.69, 9.17) is 10.5 Å². The molecule has 0 aliphatic carbocycles. The molecule has 1 unspecified atom stereocenters. The monoisotopic (exact) mass is 283 g/mol. The predicted octanol–water partition coefficient (Wildman–Crippen LogP) is 3.87. The summed E-state index contributed by atoms with van der Waals surface area (Å²) in [6.07, 6.45) is 0.930. The van der Waals surface area contributed by atoms with E-state index in [-0.39, 0.29) is 6.04 Å². The smallest absolute Gasteiger partial charge is 0.0659 e. The maximum atomic E-state index is 6.30. The quantitative estimate of drug-likeness (QED) is 0.817. The van der Waals surface area contributed by atoms with Crippen LogP contribution in [-0.2, 0) is 11.2 Å². The average Bonchev–Trinajstić information content (AvgIpc) is 2.43. The van der Waals surface area contributed by atoms with Crippen LogP contribution in [0.15, 0.2) is 42.5 Å². The highest BCUT2D eigenvalue weighted by Crippen LogP contribution is 2.22. The normalized spacial score (nSPS) is 12.4. The Kier molecular flexibility index (Phi) is 5.54. The van der Waals surface area contributed by atoms with Gasteiger partial charge in [0, 0.05) is 0 Å². The zero-order valence-electron chi connectivity index (χ0n) is 13.2. The maximum Gasteiger partial charge on any atom is 0.0659 e. The molecule has 1 atom stereocenters. The topological polar surface area (TPSA) is 35.2 Å². The van der Waals surface area contributed by atoms with Crippen LogP contribution in [0.3, 0.4) is 0 Å². The second kappa shape index (κ2) is 7.39. The summed E-state index contributed by atoms with van der Waals surface area (Å²) in [5.41, 5.74) is 12.6. The second-order valence-corrected chi connectivity index (χ2v) is 5.73. The standard InChI is InChI=1S/C19H25NO/c1-14-11-15(2)19(16(3)12-14)18(20)13-21-10-9-17-7-5-4-6-8-17/h4-8,11-12,18H,9-10,13,20H2,1-3H3. The molecule has 0 radical (unpaired) electrons. The van der Waals surface area contributed by atoms with E-state index in [1.165, 1.54) is 27.8 Å². The number of nitrogens with two attached hydrogens (primary N) is 1. The van der Waals surface area contributed by atoms with Gasteiger partial charge in [-0.3, -0.25) is 0 Å². The number of rotatable bonds is 6. The van der Waals surface area contributed by atoms with Crippen molar-refractivity contribution in [2.24, 2.45) is 5.73 Å². The SMILES string of the molecule is Cc1cc(C)c(C(N)COCCc2ccccc2)c(C)c1. The van der Waals surface area contributed by atoms with Crippen molar-refractivity contribution in [2.75, 3.05) is 13.2 Å². The van der Waals surface area contributed by atoms with E-state index in [1.807, 2.05) is 6.07 Å². The lowest BCUT2D eigenvalue weighted by atomic mass is 9.95. The first-order valence-electron chi connectivity index (χ1n) is 7.53. The Bertz CT molecular complexity index is 554. The van der Waals surface area contributed by atoms with E-state index in [2.05, 4.69) is 57.2 Å². The summed E-state index contributed by atoms with van der Waals surface area (Å²) < 4.78 is 5.77. The van der Waals surface area contributed by atoms with E-state index >= 15 is 0 Å². The van der Waals surface area contributed by atoms with Gasteiger partial charge >= 0.3 is 0 Å². The highest BCUT2D eigenvalue weighted by atomic mass is 16.5. The lowest BCUT2D eigenvalue weighted by Crippen LogP contribution is -2.20. The van der Waals surface area contributed by atoms with Gasteiger partial charge in [0.2, 0.25) is 0 Å². The van der Waals surface area contributed by atoms with Crippen LogP contribution in [0.5, 0.6) is 0 Å². The maximum absolute atomic E-state index is 6.30. The summed E-state index contributed by atoms with van der Waals surface area (Å²) in [5.74, 6) is 0. The number of benzene rings is 2. The van der Waals surface area contributed by atoms with E-state index in [0.717, 1.165) is 6.42 Å². The summed E-state index contributed by atoms with van der Waals surface area (Å²) in [4.78, 5) is 0. The third-order valence-corrected chi connectivity index (χ3v) is 3.78. The summed E-state index contributed by atoms with van der Waals surface area (Å²) >= 11 is 0. The van der Waals surface area contributed by atoms with Crippen molar-refractivity contribution >= 4 is 0 Å². The van der Waals surface area contributed by atoms with Gasteiger partial charge in [0.05, 0.1) is 19.3 Å². The molecule has 112 valence electrons. The zero-order chi connectivity index (χ0) is 15.2. The molecule has 2 nitrogen and oxygen atoms in total. The van der Waals surface area contributed by atoms with Crippen molar-refractivity contribution in [1.29, 1.82) is 0 Å². The minimum atomic E-state index is -0.0543. The van der Waals surface area contributed by atoms with Crippen molar-refractivity contribution in [3.8, 4) is 0 Å². The molecule has 0 spiro atoms. The Balaban J connectivity index is 1.86. The van der Waals surface area contributed by atoms with Gasteiger partial charge in [-0.1, -0.05) is 48.0 Å². The summed E-state index contributed by atoms with van der Waals surface area (Å²) in [7, 11) is 0. The zero-order valence-corrected chi connectivity index (χ0v) is 13.2. The fourth-order valence-corrected chi connectivity index (χ4v) is 2.90. The van der Waals surface area contributed by atoms with Crippen LogP contribution in [0.25, 0.3) is 0 Å². The van der Waals surface area contributed by atoms with Crippen molar-refractivity contribution in [3.63, 3.8) is 0 Å². The highest BCUT2D eigenvalue weighted by molar-refractivity contribution is 5.39. The molecule has 2 heteroatoms. The van der Waals surface area contributed by atoms with Gasteiger partial charge in [-0.25, -0.2) is 0 Å². The van der Waals surface area contributed by atoms with Crippen LogP contribution in [0, 0.1) is 20.8 Å². The third-order valence-electron chi connectivity index (χ3n) is 3.78. The molecule has 0 amide bonds. The number of aryl methyl sites for hydroxylation is 3. The predicted molar refractivity (Wildman–Crippen MR) is 88.5 cm³/mol.